The highest BCUT2D eigenvalue weighted by molar-refractivity contribution is 6.10. The molecule has 1 aliphatic heterocycles. The molecule has 0 fully saturated rings. The monoisotopic (exact) mass is 450 g/mol. The van der Waals surface area contributed by atoms with E-state index >= 15 is 0 Å². The molecule has 172 valence electrons. The average molecular weight is 451 g/mol. The van der Waals surface area contributed by atoms with Crippen LogP contribution in [0.15, 0.2) is 42.5 Å². The zero-order chi connectivity index (χ0) is 23.4. The van der Waals surface area contributed by atoms with Gasteiger partial charge >= 0.3 is 6.03 Å². The molecule has 3 amide bonds. The molecule has 1 aromatic heterocycles. The summed E-state index contributed by atoms with van der Waals surface area (Å²) < 4.78 is 16.7. The standard InChI is InChI=1S/C24H27FN6O2/c1-15(2)26-24(33)28-19-9-6-5-8-17(19)23(32)27-20-14-16(11-12-18(20)25)22-30-29-21-10-4-3-7-13-31(21)22/h5-6,8-9,11-12,14-15H,3-4,7,10,13H2,1-2H3,(H,27,32)(H2,26,28,33). The van der Waals surface area contributed by atoms with Crippen molar-refractivity contribution in [1.82, 2.24) is 20.1 Å². The highest BCUT2D eigenvalue weighted by atomic mass is 19.1. The third-order valence-electron chi connectivity index (χ3n) is 5.42. The molecule has 0 bridgehead atoms. The lowest BCUT2D eigenvalue weighted by Gasteiger charge is -2.14. The van der Waals surface area contributed by atoms with Gasteiger partial charge in [-0.3, -0.25) is 4.79 Å². The number of halogens is 1. The van der Waals surface area contributed by atoms with E-state index in [1.54, 1.807) is 36.4 Å². The van der Waals surface area contributed by atoms with Crippen molar-refractivity contribution in [2.75, 3.05) is 10.6 Å². The number of hydrogen-bond acceptors (Lipinski definition) is 4. The average Bonchev–Trinajstić information content (AvgIpc) is 3.03. The van der Waals surface area contributed by atoms with Crippen LogP contribution in [0.3, 0.4) is 0 Å². The molecule has 2 aromatic carbocycles. The second-order valence-corrected chi connectivity index (χ2v) is 8.35. The molecule has 0 spiro atoms. The minimum Gasteiger partial charge on any atom is -0.336 e. The summed E-state index contributed by atoms with van der Waals surface area (Å²) in [5, 5.41) is 16.6. The summed E-state index contributed by atoms with van der Waals surface area (Å²) in [6, 6.07) is 10.6. The van der Waals surface area contributed by atoms with Crippen LogP contribution in [0.5, 0.6) is 0 Å². The summed E-state index contributed by atoms with van der Waals surface area (Å²) in [7, 11) is 0. The number of nitrogens with one attached hydrogen (secondary N) is 3. The van der Waals surface area contributed by atoms with Gasteiger partial charge in [0.2, 0.25) is 0 Å². The molecule has 4 rings (SSSR count). The van der Waals surface area contributed by atoms with Crippen molar-refractivity contribution in [2.24, 2.45) is 0 Å². The van der Waals surface area contributed by atoms with Crippen LogP contribution < -0.4 is 16.0 Å². The SMILES string of the molecule is CC(C)NC(=O)Nc1ccccc1C(=O)Nc1cc(-c2nnc3n2CCCCC3)ccc1F. The van der Waals surface area contributed by atoms with Gasteiger partial charge in [-0.2, -0.15) is 0 Å². The molecule has 0 aliphatic carbocycles. The Morgan fingerprint density at radius 1 is 1.00 bits per heavy atom. The summed E-state index contributed by atoms with van der Waals surface area (Å²) in [4.78, 5) is 25.1. The maximum Gasteiger partial charge on any atom is 0.319 e. The van der Waals surface area contributed by atoms with Crippen molar-refractivity contribution in [1.29, 1.82) is 0 Å². The minimum atomic E-state index is -0.564. The lowest BCUT2D eigenvalue weighted by molar-refractivity contribution is 0.102. The summed E-state index contributed by atoms with van der Waals surface area (Å²) in [6.07, 6.45) is 4.12. The number of carbonyl (C=O) groups excluding carboxylic acids is 2. The minimum absolute atomic E-state index is 0.0323. The highest BCUT2D eigenvalue weighted by Crippen LogP contribution is 2.27. The number of fused-ring (bicyclic) bond motifs is 1. The summed E-state index contributed by atoms with van der Waals surface area (Å²) in [6.45, 7) is 4.48. The van der Waals surface area contributed by atoms with Crippen LogP contribution in [0, 0.1) is 5.82 Å². The van der Waals surface area contributed by atoms with E-state index in [0.29, 0.717) is 17.1 Å². The smallest absolute Gasteiger partial charge is 0.319 e. The van der Waals surface area contributed by atoms with Gasteiger partial charge in [0.15, 0.2) is 5.82 Å². The van der Waals surface area contributed by atoms with Crippen molar-refractivity contribution >= 4 is 23.3 Å². The van der Waals surface area contributed by atoms with Crippen LogP contribution >= 0.6 is 0 Å². The zero-order valence-electron chi connectivity index (χ0n) is 18.7. The Hall–Kier alpha value is -3.75. The number of rotatable bonds is 5. The molecule has 2 heterocycles. The Kier molecular flexibility index (Phi) is 6.67. The number of amides is 3. The zero-order valence-corrected chi connectivity index (χ0v) is 18.7. The maximum absolute atomic E-state index is 14.6. The second kappa shape index (κ2) is 9.81. The Balaban J connectivity index is 1.58. The van der Waals surface area contributed by atoms with Gasteiger partial charge < -0.3 is 20.5 Å². The Labute approximate surface area is 191 Å². The number of aryl methyl sites for hydroxylation is 1. The van der Waals surface area contributed by atoms with Crippen molar-refractivity contribution in [3.05, 3.63) is 59.7 Å². The normalized spacial score (nSPS) is 13.2. The number of aromatic nitrogens is 3. The predicted molar refractivity (Wildman–Crippen MR) is 125 cm³/mol. The van der Waals surface area contributed by atoms with E-state index in [1.807, 2.05) is 13.8 Å². The van der Waals surface area contributed by atoms with Gasteiger partial charge in [0, 0.05) is 24.6 Å². The van der Waals surface area contributed by atoms with Crippen LogP contribution in [-0.2, 0) is 13.0 Å². The number of para-hydroxylation sites is 1. The first-order valence-corrected chi connectivity index (χ1v) is 11.1. The molecule has 33 heavy (non-hydrogen) atoms. The van der Waals surface area contributed by atoms with Crippen molar-refractivity contribution in [3.63, 3.8) is 0 Å². The summed E-state index contributed by atoms with van der Waals surface area (Å²) >= 11 is 0. The Morgan fingerprint density at radius 3 is 2.64 bits per heavy atom. The molecule has 0 saturated heterocycles. The number of hydrogen-bond donors (Lipinski definition) is 3. The highest BCUT2D eigenvalue weighted by Gasteiger charge is 2.19. The van der Waals surface area contributed by atoms with Crippen molar-refractivity contribution < 1.29 is 14.0 Å². The van der Waals surface area contributed by atoms with Gasteiger partial charge in [0.05, 0.1) is 16.9 Å². The van der Waals surface area contributed by atoms with Crippen LogP contribution in [0.1, 0.15) is 49.3 Å². The largest absolute Gasteiger partial charge is 0.336 e. The Morgan fingerprint density at radius 2 is 1.82 bits per heavy atom. The number of urea groups is 1. The van der Waals surface area contributed by atoms with E-state index in [0.717, 1.165) is 38.1 Å². The van der Waals surface area contributed by atoms with Gasteiger partial charge in [0.1, 0.15) is 11.6 Å². The van der Waals surface area contributed by atoms with E-state index in [-0.39, 0.29) is 17.3 Å². The van der Waals surface area contributed by atoms with E-state index in [9.17, 15) is 14.0 Å². The third kappa shape index (κ3) is 5.19. The summed E-state index contributed by atoms with van der Waals surface area (Å²) in [5.74, 6) is 0.490. The fraction of sp³-hybridized carbons (Fsp3) is 0.333. The van der Waals surface area contributed by atoms with E-state index in [4.69, 9.17) is 0 Å². The number of anilines is 2. The third-order valence-corrected chi connectivity index (χ3v) is 5.42. The van der Waals surface area contributed by atoms with E-state index < -0.39 is 17.8 Å². The van der Waals surface area contributed by atoms with Crippen molar-refractivity contribution in [2.45, 2.75) is 52.1 Å². The second-order valence-electron chi connectivity index (χ2n) is 8.35. The van der Waals surface area contributed by atoms with Gasteiger partial charge in [-0.15, -0.1) is 10.2 Å². The van der Waals surface area contributed by atoms with Crippen molar-refractivity contribution in [3.8, 4) is 11.4 Å². The molecule has 1 aliphatic rings. The molecular formula is C24H27FN6O2. The van der Waals surface area contributed by atoms with Crippen LogP contribution in [0.2, 0.25) is 0 Å². The quantitative estimate of drug-likeness (QED) is 0.529. The molecule has 8 nitrogen and oxygen atoms in total. The molecule has 9 heteroatoms. The number of benzene rings is 2. The van der Waals surface area contributed by atoms with E-state index in [1.165, 1.54) is 6.07 Å². The topological polar surface area (TPSA) is 101 Å². The molecule has 0 radical (unpaired) electrons. The fourth-order valence-electron chi connectivity index (χ4n) is 3.86. The first-order chi connectivity index (χ1) is 15.9. The number of nitrogens with zero attached hydrogens (tertiary/aromatic N) is 3. The molecule has 0 atom stereocenters. The van der Waals surface area contributed by atoms with Gasteiger partial charge in [-0.05, 0) is 57.0 Å². The van der Waals surface area contributed by atoms with Crippen LogP contribution in [-0.4, -0.2) is 32.7 Å². The summed E-state index contributed by atoms with van der Waals surface area (Å²) in [5.41, 5.74) is 1.25. The van der Waals surface area contributed by atoms with Gasteiger partial charge in [-0.1, -0.05) is 18.6 Å². The lowest BCUT2D eigenvalue weighted by Crippen LogP contribution is -2.34. The lowest BCUT2D eigenvalue weighted by atomic mass is 10.1. The molecular weight excluding hydrogens is 423 g/mol. The van der Waals surface area contributed by atoms with E-state index in [2.05, 4.69) is 30.7 Å². The molecule has 3 N–H and O–H groups in total. The fourth-order valence-corrected chi connectivity index (χ4v) is 3.86. The predicted octanol–water partition coefficient (Wildman–Crippen LogP) is 4.59. The first kappa shape index (κ1) is 22.4. The first-order valence-electron chi connectivity index (χ1n) is 11.1. The van der Waals surface area contributed by atoms with Gasteiger partial charge in [-0.25, -0.2) is 9.18 Å². The van der Waals surface area contributed by atoms with Crippen LogP contribution in [0.4, 0.5) is 20.6 Å². The molecule has 3 aromatic rings. The van der Waals surface area contributed by atoms with Gasteiger partial charge in [0.25, 0.3) is 5.91 Å². The molecule has 0 saturated carbocycles. The number of carbonyl (C=O) groups is 2. The Bertz CT molecular complexity index is 1170. The van der Waals surface area contributed by atoms with Crippen LogP contribution in [0.25, 0.3) is 11.4 Å². The maximum atomic E-state index is 14.6. The molecule has 0 unspecified atom stereocenters.